The largest absolute Gasteiger partial charge is 0.352 e. The summed E-state index contributed by atoms with van der Waals surface area (Å²) in [6, 6.07) is 13.0. The lowest BCUT2D eigenvalue weighted by Crippen LogP contribution is -2.52. The molecule has 1 aliphatic rings. The molecule has 0 aromatic heterocycles. The number of nitrogens with one attached hydrogen (secondary N) is 3. The van der Waals surface area contributed by atoms with Gasteiger partial charge in [0, 0.05) is 25.0 Å². The molecule has 0 bridgehead atoms. The number of sulfonamides is 1. The van der Waals surface area contributed by atoms with Crippen LogP contribution in [0.2, 0.25) is 0 Å². The van der Waals surface area contributed by atoms with Gasteiger partial charge in [-0.1, -0.05) is 30.3 Å². The lowest BCUT2D eigenvalue weighted by Gasteiger charge is -2.30. The lowest BCUT2D eigenvalue weighted by atomic mass is 10.00. The van der Waals surface area contributed by atoms with Crippen molar-refractivity contribution >= 4 is 39.1 Å². The molecule has 148 valence electrons. The van der Waals surface area contributed by atoms with Crippen LogP contribution in [-0.2, 0) is 14.8 Å². The molecule has 27 heavy (non-hydrogen) atoms. The number of hydrogen-bond acceptors (Lipinski definition) is 4. The number of carbonyl (C=O) groups excluding carboxylic acids is 1. The van der Waals surface area contributed by atoms with E-state index in [1.165, 1.54) is 0 Å². The fourth-order valence-corrected chi connectivity index (χ4v) is 4.30. The van der Waals surface area contributed by atoms with Crippen LogP contribution in [0.3, 0.4) is 0 Å². The van der Waals surface area contributed by atoms with Gasteiger partial charge in [0.1, 0.15) is 0 Å². The summed E-state index contributed by atoms with van der Waals surface area (Å²) in [6.45, 7) is 3.10. The Kier molecular flexibility index (Phi) is 7.61. The minimum absolute atomic E-state index is 0. The molecule has 2 aromatic carbocycles. The summed E-state index contributed by atoms with van der Waals surface area (Å²) >= 11 is 0. The van der Waals surface area contributed by atoms with Gasteiger partial charge < -0.3 is 10.6 Å². The first-order valence-corrected chi connectivity index (χ1v) is 10.5. The third-order valence-corrected chi connectivity index (χ3v) is 6.24. The third-order valence-electron chi connectivity index (χ3n) is 4.78. The average molecular weight is 412 g/mol. The molecule has 2 aromatic rings. The number of benzene rings is 2. The maximum atomic E-state index is 12.4. The number of amides is 1. The molecule has 3 rings (SSSR count). The molecule has 2 unspecified atom stereocenters. The highest BCUT2D eigenvalue weighted by atomic mass is 35.5. The molecule has 2 atom stereocenters. The molecule has 8 heteroatoms. The topological polar surface area (TPSA) is 87.3 Å². The number of rotatable bonds is 6. The average Bonchev–Trinajstić information content (AvgIpc) is 2.63. The highest BCUT2D eigenvalue weighted by molar-refractivity contribution is 7.89. The van der Waals surface area contributed by atoms with Crippen molar-refractivity contribution in [2.45, 2.75) is 43.2 Å². The van der Waals surface area contributed by atoms with Gasteiger partial charge in [-0.15, -0.1) is 12.4 Å². The second kappa shape index (κ2) is 9.50. The summed E-state index contributed by atoms with van der Waals surface area (Å²) in [7, 11) is -3.63. The zero-order chi connectivity index (χ0) is 18.6. The molecule has 1 fully saturated rings. The van der Waals surface area contributed by atoms with Crippen LogP contribution in [0, 0.1) is 0 Å². The van der Waals surface area contributed by atoms with E-state index < -0.39 is 10.0 Å². The van der Waals surface area contributed by atoms with E-state index in [2.05, 4.69) is 15.4 Å². The van der Waals surface area contributed by atoms with Gasteiger partial charge in [0.15, 0.2) is 0 Å². The fraction of sp³-hybridized carbons (Fsp3) is 0.421. The van der Waals surface area contributed by atoms with E-state index in [1.54, 1.807) is 18.2 Å². The smallest absolute Gasteiger partial charge is 0.240 e. The third kappa shape index (κ3) is 5.65. The maximum absolute atomic E-state index is 12.4. The van der Waals surface area contributed by atoms with Gasteiger partial charge in [-0.2, -0.15) is 0 Å². The minimum atomic E-state index is -3.63. The summed E-state index contributed by atoms with van der Waals surface area (Å²) in [5, 5.41) is 8.16. The highest BCUT2D eigenvalue weighted by Crippen LogP contribution is 2.18. The van der Waals surface area contributed by atoms with Gasteiger partial charge in [0.2, 0.25) is 15.9 Å². The van der Waals surface area contributed by atoms with Crippen LogP contribution in [-0.4, -0.2) is 39.5 Å². The van der Waals surface area contributed by atoms with E-state index >= 15 is 0 Å². The van der Waals surface area contributed by atoms with E-state index in [0.29, 0.717) is 0 Å². The molecular weight excluding hydrogens is 386 g/mol. The van der Waals surface area contributed by atoms with E-state index in [-0.39, 0.29) is 48.3 Å². The SMILES string of the molecule is CC1NCCCC1NC(=O)CCNS(=O)(=O)c1ccc2ccccc2c1.Cl. The van der Waals surface area contributed by atoms with Crippen molar-refractivity contribution in [3.8, 4) is 0 Å². The first kappa shape index (κ1) is 21.6. The number of hydrogen-bond donors (Lipinski definition) is 3. The van der Waals surface area contributed by atoms with Gasteiger partial charge in [0.05, 0.1) is 4.90 Å². The number of carbonyl (C=O) groups is 1. The van der Waals surface area contributed by atoms with E-state index in [4.69, 9.17) is 0 Å². The highest BCUT2D eigenvalue weighted by Gasteiger charge is 2.22. The number of halogens is 1. The van der Waals surface area contributed by atoms with Crippen LogP contribution in [0.5, 0.6) is 0 Å². The van der Waals surface area contributed by atoms with Crippen LogP contribution in [0.4, 0.5) is 0 Å². The molecule has 0 spiro atoms. The van der Waals surface area contributed by atoms with Crippen LogP contribution < -0.4 is 15.4 Å². The number of piperidine rings is 1. The molecule has 1 aliphatic heterocycles. The van der Waals surface area contributed by atoms with E-state index in [1.807, 2.05) is 31.2 Å². The first-order valence-electron chi connectivity index (χ1n) is 8.97. The molecule has 3 N–H and O–H groups in total. The molecule has 0 aliphatic carbocycles. The van der Waals surface area contributed by atoms with Gasteiger partial charge in [-0.3, -0.25) is 4.79 Å². The van der Waals surface area contributed by atoms with Gasteiger partial charge in [-0.05, 0) is 49.2 Å². The van der Waals surface area contributed by atoms with Crippen LogP contribution in [0.1, 0.15) is 26.2 Å². The monoisotopic (exact) mass is 411 g/mol. The summed E-state index contributed by atoms with van der Waals surface area (Å²) in [6.07, 6.45) is 2.10. The van der Waals surface area contributed by atoms with Crippen molar-refractivity contribution in [1.29, 1.82) is 0 Å². The predicted octanol–water partition coefficient (Wildman–Crippen LogP) is 2.19. The van der Waals surface area contributed by atoms with Gasteiger partial charge in [0.25, 0.3) is 0 Å². The standard InChI is InChI=1S/C19H25N3O3S.ClH/c1-14-18(7-4-11-20-14)22-19(23)10-12-21-26(24,25)17-9-8-15-5-2-3-6-16(15)13-17;/h2-3,5-6,8-9,13-14,18,20-21H,4,7,10-12H2,1H3,(H,22,23);1H. The molecule has 0 radical (unpaired) electrons. The normalized spacial score (nSPS) is 20.0. The molecule has 0 saturated carbocycles. The van der Waals surface area contributed by atoms with Gasteiger partial charge >= 0.3 is 0 Å². The zero-order valence-corrected chi connectivity index (χ0v) is 16.9. The zero-order valence-electron chi connectivity index (χ0n) is 15.3. The molecular formula is C19H26ClN3O3S. The Balaban J connectivity index is 0.00000261. The van der Waals surface area contributed by atoms with Crippen LogP contribution in [0.15, 0.2) is 47.4 Å². The Hall–Kier alpha value is -1.67. The van der Waals surface area contributed by atoms with Crippen molar-refractivity contribution in [3.63, 3.8) is 0 Å². The maximum Gasteiger partial charge on any atom is 0.240 e. The summed E-state index contributed by atoms with van der Waals surface area (Å²) < 4.78 is 27.4. The number of fused-ring (bicyclic) bond motifs is 1. The van der Waals surface area contributed by atoms with Crippen molar-refractivity contribution in [2.75, 3.05) is 13.1 Å². The quantitative estimate of drug-likeness (QED) is 0.680. The second-order valence-electron chi connectivity index (χ2n) is 6.72. The second-order valence-corrected chi connectivity index (χ2v) is 8.48. The Morgan fingerprint density at radius 2 is 1.93 bits per heavy atom. The fourth-order valence-electron chi connectivity index (χ4n) is 3.24. The van der Waals surface area contributed by atoms with E-state index in [0.717, 1.165) is 30.2 Å². The Labute approximate surface area is 166 Å². The van der Waals surface area contributed by atoms with Crippen molar-refractivity contribution in [2.24, 2.45) is 0 Å². The first-order chi connectivity index (χ1) is 12.5. The molecule has 6 nitrogen and oxygen atoms in total. The van der Waals surface area contributed by atoms with Crippen LogP contribution >= 0.6 is 12.4 Å². The Bertz CT molecular complexity index is 889. The van der Waals surface area contributed by atoms with Crippen molar-refractivity contribution < 1.29 is 13.2 Å². The Morgan fingerprint density at radius 3 is 2.67 bits per heavy atom. The summed E-state index contributed by atoms with van der Waals surface area (Å²) in [5.41, 5.74) is 0. The molecule has 1 saturated heterocycles. The lowest BCUT2D eigenvalue weighted by molar-refractivity contribution is -0.122. The van der Waals surface area contributed by atoms with Crippen molar-refractivity contribution in [1.82, 2.24) is 15.4 Å². The Morgan fingerprint density at radius 1 is 1.19 bits per heavy atom. The molecule has 1 amide bonds. The summed E-state index contributed by atoms with van der Waals surface area (Å²) in [5.74, 6) is -0.133. The van der Waals surface area contributed by atoms with Gasteiger partial charge in [-0.25, -0.2) is 13.1 Å². The molecule has 1 heterocycles. The van der Waals surface area contributed by atoms with Crippen LogP contribution in [0.25, 0.3) is 10.8 Å². The predicted molar refractivity (Wildman–Crippen MR) is 110 cm³/mol. The minimum Gasteiger partial charge on any atom is -0.352 e. The summed E-state index contributed by atoms with van der Waals surface area (Å²) in [4.78, 5) is 12.3. The van der Waals surface area contributed by atoms with Crippen molar-refractivity contribution in [3.05, 3.63) is 42.5 Å². The van der Waals surface area contributed by atoms with E-state index in [9.17, 15) is 13.2 Å².